The summed E-state index contributed by atoms with van der Waals surface area (Å²) in [5.74, 6) is 0.359. The minimum Gasteiger partial charge on any atom is -0.460 e. The minimum atomic E-state index is -0.676. The lowest BCUT2D eigenvalue weighted by Gasteiger charge is -2.12. The Hall–Kier alpha value is -3.81. The lowest BCUT2D eigenvalue weighted by Crippen LogP contribution is -2.19. The Morgan fingerprint density at radius 2 is 1.38 bits per heavy atom. The van der Waals surface area contributed by atoms with Gasteiger partial charge in [-0.05, 0) is 32.9 Å². The molecule has 0 amide bonds. The van der Waals surface area contributed by atoms with Crippen LogP contribution in [-0.2, 0) is 0 Å². The number of H-pyrrole nitrogens is 4. The van der Waals surface area contributed by atoms with Crippen LogP contribution >= 0.6 is 0 Å². The number of carbonyl (C=O) groups is 1. The van der Waals surface area contributed by atoms with Gasteiger partial charge in [0.05, 0.1) is 17.0 Å². The summed E-state index contributed by atoms with van der Waals surface area (Å²) in [5, 5.41) is 10.8. The fraction of sp³-hybridized carbons (Fsp3) is 0.190. The van der Waals surface area contributed by atoms with Crippen molar-refractivity contribution in [2.24, 2.45) is 0 Å². The molecule has 0 radical (unpaired) electrons. The largest absolute Gasteiger partial charge is 0.460 e. The molecule has 0 fully saturated rings. The number of ketones is 1. The fourth-order valence-corrected chi connectivity index (χ4v) is 3.57. The molecule has 0 aliphatic carbocycles. The summed E-state index contributed by atoms with van der Waals surface area (Å²) < 4.78 is 6.08. The highest BCUT2D eigenvalue weighted by Crippen LogP contribution is 2.34. The third-order valence-corrected chi connectivity index (χ3v) is 5.09. The van der Waals surface area contributed by atoms with Crippen molar-refractivity contribution in [1.82, 2.24) is 20.4 Å². The molecular formula is C21H20N4O4. The predicted molar refractivity (Wildman–Crippen MR) is 107 cm³/mol. The molecule has 1 aromatic carbocycles. The summed E-state index contributed by atoms with van der Waals surface area (Å²) in [6, 6.07) is 10.6. The molecule has 0 aliphatic rings. The van der Waals surface area contributed by atoms with Gasteiger partial charge in [-0.3, -0.25) is 24.6 Å². The SMILES string of the molecule is CC(=O)c1ccc(-c2ccc(C(c3c(C)[nH][nH]c3=O)c3c(C)[nH][nH]c3=O)o2)cc1. The molecule has 0 atom stereocenters. The molecule has 8 nitrogen and oxygen atoms in total. The number of aromatic nitrogens is 4. The van der Waals surface area contributed by atoms with Gasteiger partial charge in [0.1, 0.15) is 11.5 Å². The summed E-state index contributed by atoms with van der Waals surface area (Å²) in [6.07, 6.45) is 0. The maximum atomic E-state index is 12.5. The third-order valence-electron chi connectivity index (χ3n) is 5.09. The van der Waals surface area contributed by atoms with Crippen LogP contribution in [0.15, 0.2) is 50.4 Å². The second-order valence-corrected chi connectivity index (χ2v) is 7.00. The van der Waals surface area contributed by atoms with Crippen LogP contribution in [0.3, 0.4) is 0 Å². The molecule has 148 valence electrons. The highest BCUT2D eigenvalue weighted by Gasteiger charge is 2.30. The molecule has 0 unspecified atom stereocenters. The molecule has 4 N–H and O–H groups in total. The molecule has 4 rings (SSSR count). The lowest BCUT2D eigenvalue weighted by molar-refractivity contribution is 0.101. The summed E-state index contributed by atoms with van der Waals surface area (Å²) in [5.41, 5.74) is 2.89. The Morgan fingerprint density at radius 3 is 1.83 bits per heavy atom. The van der Waals surface area contributed by atoms with Gasteiger partial charge >= 0.3 is 0 Å². The predicted octanol–water partition coefficient (Wildman–Crippen LogP) is 2.98. The van der Waals surface area contributed by atoms with Gasteiger partial charge in [-0.1, -0.05) is 24.3 Å². The molecule has 29 heavy (non-hydrogen) atoms. The number of hydrogen-bond donors (Lipinski definition) is 4. The molecule has 8 heteroatoms. The number of benzene rings is 1. The number of carbonyl (C=O) groups excluding carboxylic acids is 1. The van der Waals surface area contributed by atoms with Crippen LogP contribution in [0, 0.1) is 13.8 Å². The van der Waals surface area contributed by atoms with Crippen molar-refractivity contribution in [2.75, 3.05) is 0 Å². The maximum Gasteiger partial charge on any atom is 0.268 e. The summed E-state index contributed by atoms with van der Waals surface area (Å²) in [4.78, 5) is 36.4. The first-order valence-electron chi connectivity index (χ1n) is 9.12. The topological polar surface area (TPSA) is 128 Å². The quantitative estimate of drug-likeness (QED) is 0.389. The lowest BCUT2D eigenvalue weighted by atomic mass is 9.89. The van der Waals surface area contributed by atoms with Gasteiger partial charge in [0.25, 0.3) is 11.1 Å². The Bertz CT molecular complexity index is 1240. The van der Waals surface area contributed by atoms with E-state index >= 15 is 0 Å². The Kier molecular flexibility index (Phi) is 4.46. The molecule has 0 spiro atoms. The Labute approximate surface area is 165 Å². The van der Waals surface area contributed by atoms with Crippen LogP contribution in [-0.4, -0.2) is 26.2 Å². The van der Waals surface area contributed by atoms with Crippen molar-refractivity contribution in [2.45, 2.75) is 26.7 Å². The molecule has 0 aliphatic heterocycles. The smallest absolute Gasteiger partial charge is 0.268 e. The molecule has 0 saturated carbocycles. The van der Waals surface area contributed by atoms with E-state index < -0.39 is 5.92 Å². The van der Waals surface area contributed by atoms with E-state index in [4.69, 9.17) is 4.42 Å². The first kappa shape index (κ1) is 18.5. The van der Waals surface area contributed by atoms with E-state index in [2.05, 4.69) is 20.4 Å². The van der Waals surface area contributed by atoms with Crippen molar-refractivity contribution >= 4 is 5.78 Å². The second-order valence-electron chi connectivity index (χ2n) is 7.00. The van der Waals surface area contributed by atoms with Gasteiger partial charge in [-0.2, -0.15) is 0 Å². The Balaban J connectivity index is 1.84. The summed E-state index contributed by atoms with van der Waals surface area (Å²) in [7, 11) is 0. The van der Waals surface area contributed by atoms with Crippen molar-refractivity contribution in [3.05, 3.63) is 90.9 Å². The minimum absolute atomic E-state index is 0.0129. The zero-order valence-electron chi connectivity index (χ0n) is 16.2. The molecule has 3 heterocycles. The highest BCUT2D eigenvalue weighted by atomic mass is 16.3. The Morgan fingerprint density at radius 1 is 0.828 bits per heavy atom. The number of furan rings is 1. The number of aromatic amines is 4. The second kappa shape index (κ2) is 6.97. The summed E-state index contributed by atoms with van der Waals surface area (Å²) in [6.45, 7) is 5.04. The van der Waals surface area contributed by atoms with E-state index in [1.54, 1.807) is 50.2 Å². The van der Waals surface area contributed by atoms with Crippen molar-refractivity contribution in [3.8, 4) is 11.3 Å². The number of hydrogen-bond acceptors (Lipinski definition) is 4. The van der Waals surface area contributed by atoms with E-state index in [0.29, 0.717) is 39.6 Å². The van der Waals surface area contributed by atoms with E-state index in [1.165, 1.54) is 6.92 Å². The summed E-state index contributed by atoms with van der Waals surface area (Å²) >= 11 is 0. The number of rotatable bonds is 5. The van der Waals surface area contributed by atoms with Gasteiger partial charge in [-0.15, -0.1) is 0 Å². The standard InChI is InChI=1S/C21H20N4O4/c1-10-17(20(27)24-22-10)19(18-11(2)23-25-21(18)28)16-9-8-15(29-16)14-6-4-13(5-7-14)12(3)26/h4-9,19H,1-3H3,(H2,22,24,27)(H2,23,25,28). The number of nitrogens with one attached hydrogen (secondary N) is 4. The number of aryl methyl sites for hydroxylation is 2. The van der Waals surface area contributed by atoms with Crippen LogP contribution < -0.4 is 11.1 Å². The van der Waals surface area contributed by atoms with E-state index in [0.717, 1.165) is 5.56 Å². The van der Waals surface area contributed by atoms with Gasteiger partial charge in [0.15, 0.2) is 5.78 Å². The van der Waals surface area contributed by atoms with Crippen LogP contribution in [0.4, 0.5) is 0 Å². The van der Waals surface area contributed by atoms with Gasteiger partial charge < -0.3 is 14.6 Å². The van der Waals surface area contributed by atoms with Gasteiger partial charge in [0, 0.05) is 22.5 Å². The first-order valence-corrected chi connectivity index (χ1v) is 9.12. The molecule has 0 saturated heterocycles. The van der Waals surface area contributed by atoms with Crippen molar-refractivity contribution in [3.63, 3.8) is 0 Å². The maximum absolute atomic E-state index is 12.5. The van der Waals surface area contributed by atoms with Crippen LogP contribution in [0.5, 0.6) is 0 Å². The molecule has 0 bridgehead atoms. The zero-order chi connectivity index (χ0) is 20.7. The zero-order valence-corrected chi connectivity index (χ0v) is 16.2. The molecular weight excluding hydrogens is 372 g/mol. The third kappa shape index (κ3) is 3.18. The molecule has 4 aromatic rings. The average molecular weight is 392 g/mol. The van der Waals surface area contributed by atoms with Gasteiger partial charge in [-0.25, -0.2) is 0 Å². The average Bonchev–Trinajstić information content (AvgIpc) is 3.39. The van der Waals surface area contributed by atoms with Crippen LogP contribution in [0.25, 0.3) is 11.3 Å². The van der Waals surface area contributed by atoms with Crippen LogP contribution in [0.1, 0.15) is 51.5 Å². The normalized spacial score (nSPS) is 11.3. The first-order chi connectivity index (χ1) is 13.9. The molecule has 3 aromatic heterocycles. The fourth-order valence-electron chi connectivity index (χ4n) is 3.57. The van der Waals surface area contributed by atoms with E-state index in [-0.39, 0.29) is 16.9 Å². The van der Waals surface area contributed by atoms with Crippen molar-refractivity contribution < 1.29 is 9.21 Å². The number of Topliss-reactive ketones (excluding diaryl/α,β-unsaturated/α-hetero) is 1. The van der Waals surface area contributed by atoms with Gasteiger partial charge in [0.2, 0.25) is 0 Å². The van der Waals surface area contributed by atoms with Crippen molar-refractivity contribution in [1.29, 1.82) is 0 Å². The van der Waals surface area contributed by atoms with E-state index in [1.807, 2.05) is 0 Å². The monoisotopic (exact) mass is 392 g/mol. The van der Waals surface area contributed by atoms with E-state index in [9.17, 15) is 14.4 Å². The van der Waals surface area contributed by atoms with Crippen LogP contribution in [0.2, 0.25) is 0 Å². The highest BCUT2D eigenvalue weighted by molar-refractivity contribution is 5.94.